The number of hydrogen-bond donors (Lipinski definition) is 4. The summed E-state index contributed by atoms with van der Waals surface area (Å²) in [5.41, 5.74) is 1.60. The van der Waals surface area contributed by atoms with E-state index in [1.54, 1.807) is 50.5 Å². The Bertz CT molecular complexity index is 1750. The zero-order valence-electron chi connectivity index (χ0n) is 30.3. The molecule has 52 heavy (non-hydrogen) atoms. The van der Waals surface area contributed by atoms with Crippen molar-refractivity contribution < 1.29 is 33.5 Å². The summed E-state index contributed by atoms with van der Waals surface area (Å²) in [6.45, 7) is 6.27. The summed E-state index contributed by atoms with van der Waals surface area (Å²) in [7, 11) is 3.06. The first kappa shape index (κ1) is 39.5. The molecule has 3 aromatic rings. The number of nitrogens with zero attached hydrogens (tertiary/aromatic N) is 3. The van der Waals surface area contributed by atoms with E-state index in [4.69, 9.17) is 4.74 Å². The second-order valence-electron chi connectivity index (χ2n) is 13.1. The van der Waals surface area contributed by atoms with Crippen molar-refractivity contribution in [2.45, 2.75) is 64.7 Å². The van der Waals surface area contributed by atoms with Gasteiger partial charge in [-0.2, -0.15) is 0 Å². The number of carbonyl (C=O) groups excluding carboxylic acids is 6. The molecular weight excluding hydrogens is 687 g/mol. The number of carbonyl (C=O) groups is 6. The number of thiazole rings is 1. The molecule has 1 aromatic heterocycles. The number of fused-ring (bicyclic) bond motifs is 2. The van der Waals surface area contributed by atoms with E-state index in [1.807, 2.05) is 30.3 Å². The number of benzene rings is 2. The zero-order valence-corrected chi connectivity index (χ0v) is 31.1. The molecule has 0 saturated carbocycles. The molecule has 278 valence electrons. The summed E-state index contributed by atoms with van der Waals surface area (Å²) >= 11 is 1.18. The number of aromatic nitrogens is 1. The van der Waals surface area contributed by atoms with Gasteiger partial charge in [-0.3, -0.25) is 28.8 Å². The Morgan fingerprint density at radius 1 is 0.904 bits per heavy atom. The molecule has 1 aliphatic rings. The normalized spacial score (nSPS) is 21.4. The van der Waals surface area contributed by atoms with Crippen LogP contribution in [0.25, 0.3) is 0 Å². The molecule has 2 aromatic carbocycles. The predicted octanol–water partition coefficient (Wildman–Crippen LogP) is 1.86. The van der Waals surface area contributed by atoms with Gasteiger partial charge < -0.3 is 35.8 Å². The van der Waals surface area contributed by atoms with Gasteiger partial charge in [-0.1, -0.05) is 62.4 Å². The number of hydrogen-bond acceptors (Lipinski definition) is 9. The smallest absolute Gasteiger partial charge is 0.271 e. The van der Waals surface area contributed by atoms with Crippen LogP contribution in [0.5, 0.6) is 5.75 Å². The van der Waals surface area contributed by atoms with Gasteiger partial charge in [-0.25, -0.2) is 4.98 Å². The summed E-state index contributed by atoms with van der Waals surface area (Å²) in [4.78, 5) is 87.9. The van der Waals surface area contributed by atoms with E-state index in [-0.39, 0.29) is 43.6 Å². The van der Waals surface area contributed by atoms with E-state index in [0.29, 0.717) is 22.7 Å². The van der Waals surface area contributed by atoms with Crippen molar-refractivity contribution >= 4 is 46.8 Å². The highest BCUT2D eigenvalue weighted by atomic mass is 32.1. The van der Waals surface area contributed by atoms with Crippen molar-refractivity contribution in [1.29, 1.82) is 0 Å². The number of likely N-dealkylation sites (N-methyl/N-ethyl adjacent to an activating group) is 1. The fraction of sp³-hybridized carbons (Fsp3) is 0.432. The molecule has 2 bridgehead atoms. The fourth-order valence-corrected chi connectivity index (χ4v) is 6.51. The lowest BCUT2D eigenvalue weighted by molar-refractivity contribution is -0.138. The Labute approximate surface area is 307 Å². The summed E-state index contributed by atoms with van der Waals surface area (Å²) in [6.07, 6.45) is 0.294. The zero-order chi connectivity index (χ0) is 37.9. The lowest BCUT2D eigenvalue weighted by atomic mass is 10.0. The number of ether oxygens (including phenoxy) is 1. The van der Waals surface area contributed by atoms with Crippen LogP contribution in [-0.4, -0.2) is 102 Å². The van der Waals surface area contributed by atoms with Crippen molar-refractivity contribution in [3.05, 3.63) is 81.8 Å². The van der Waals surface area contributed by atoms with Crippen molar-refractivity contribution in [1.82, 2.24) is 36.1 Å². The molecular formula is C37H47N7O7S. The van der Waals surface area contributed by atoms with Gasteiger partial charge in [0.25, 0.3) is 5.91 Å². The summed E-state index contributed by atoms with van der Waals surface area (Å²) in [5, 5.41) is 13.0. The first-order chi connectivity index (χ1) is 24.8. The van der Waals surface area contributed by atoms with Crippen LogP contribution in [0, 0.1) is 5.92 Å². The molecule has 2 heterocycles. The van der Waals surface area contributed by atoms with Crippen molar-refractivity contribution in [2.75, 3.05) is 33.8 Å². The quantitative estimate of drug-likeness (QED) is 0.297. The second kappa shape index (κ2) is 18.3. The molecule has 0 unspecified atom stereocenters. The Kier molecular flexibility index (Phi) is 13.9. The molecule has 4 rings (SSSR count). The van der Waals surface area contributed by atoms with Gasteiger partial charge in [-0.15, -0.1) is 11.3 Å². The first-order valence-corrected chi connectivity index (χ1v) is 18.0. The highest BCUT2D eigenvalue weighted by molar-refractivity contribution is 7.09. The maximum Gasteiger partial charge on any atom is 0.271 e. The largest absolute Gasteiger partial charge is 0.496 e. The van der Waals surface area contributed by atoms with Crippen LogP contribution in [-0.2, 0) is 36.8 Å². The fourth-order valence-electron chi connectivity index (χ4n) is 5.66. The van der Waals surface area contributed by atoms with E-state index >= 15 is 0 Å². The highest BCUT2D eigenvalue weighted by Gasteiger charge is 2.31. The Hall–Kier alpha value is -5.31. The van der Waals surface area contributed by atoms with E-state index in [0.717, 1.165) is 5.56 Å². The minimum atomic E-state index is -1.02. The van der Waals surface area contributed by atoms with Crippen molar-refractivity contribution in [3.8, 4) is 5.75 Å². The summed E-state index contributed by atoms with van der Waals surface area (Å²) < 4.78 is 5.44. The topological polar surface area (TPSA) is 179 Å². The average molecular weight is 734 g/mol. The third kappa shape index (κ3) is 10.6. The maximum atomic E-state index is 13.8. The van der Waals surface area contributed by atoms with Crippen LogP contribution in [0.3, 0.4) is 0 Å². The standard InChI is InChI=1S/C37H47N7O7S/c1-22(2)32-35(49)39-24(4)37(50)43(5)16-17-44(31(46)19-26-14-10-11-15-29(26)51-6)20-30(45)40-27(18-25-12-8-7-9-13-25)36-41-28(21-52-36)34(48)38-23(3)33(47)42-32/h7-15,21-24,27,32H,16-20H2,1-6H3,(H,38,48)(H,39,49)(H,40,45)(H,42,47)/t23-,24+,27-,32-/m0/s1. The molecule has 15 heteroatoms. The van der Waals surface area contributed by atoms with Crippen molar-refractivity contribution in [3.63, 3.8) is 0 Å². The lowest BCUT2D eigenvalue weighted by Gasteiger charge is -2.29. The van der Waals surface area contributed by atoms with E-state index in [2.05, 4.69) is 26.3 Å². The Balaban J connectivity index is 1.68. The predicted molar refractivity (Wildman–Crippen MR) is 195 cm³/mol. The lowest BCUT2D eigenvalue weighted by Crippen LogP contribution is -2.57. The van der Waals surface area contributed by atoms with Crippen LogP contribution >= 0.6 is 11.3 Å². The monoisotopic (exact) mass is 733 g/mol. The summed E-state index contributed by atoms with van der Waals surface area (Å²) in [6, 6.07) is 12.9. The first-order valence-electron chi connectivity index (χ1n) is 17.1. The molecule has 6 amide bonds. The minimum Gasteiger partial charge on any atom is -0.496 e. The SMILES string of the molecule is COc1ccccc1CC(=O)N1CCN(C)C(=O)[C@@H](C)NC(=O)[C@H](C(C)C)NC(=O)[C@H](C)NC(=O)c2csc(n2)[C@H](Cc2ccccc2)NC(=O)C1. The van der Waals surface area contributed by atoms with Gasteiger partial charge in [-0.05, 0) is 37.8 Å². The number of rotatable bonds is 6. The second-order valence-corrected chi connectivity index (χ2v) is 14.0. The molecule has 0 saturated heterocycles. The van der Waals surface area contributed by atoms with Gasteiger partial charge in [0.05, 0.1) is 26.1 Å². The van der Waals surface area contributed by atoms with E-state index in [1.165, 1.54) is 42.1 Å². The van der Waals surface area contributed by atoms with E-state index in [9.17, 15) is 28.8 Å². The molecule has 4 N–H and O–H groups in total. The molecule has 0 spiro atoms. The highest BCUT2D eigenvalue weighted by Crippen LogP contribution is 2.23. The number of nitrogens with one attached hydrogen (secondary N) is 4. The number of amides is 6. The number of methoxy groups -OCH3 is 1. The average Bonchev–Trinajstić information content (AvgIpc) is 3.62. The van der Waals surface area contributed by atoms with Crippen LogP contribution in [0.4, 0.5) is 0 Å². The third-order valence-electron chi connectivity index (χ3n) is 8.69. The molecule has 0 fully saturated rings. The third-order valence-corrected chi connectivity index (χ3v) is 9.65. The van der Waals surface area contributed by atoms with Gasteiger partial charge in [0, 0.05) is 31.1 Å². The van der Waals surface area contributed by atoms with Crippen LogP contribution in [0.1, 0.15) is 60.4 Å². The van der Waals surface area contributed by atoms with Crippen LogP contribution in [0.15, 0.2) is 60.0 Å². The van der Waals surface area contributed by atoms with Gasteiger partial charge >= 0.3 is 0 Å². The Morgan fingerprint density at radius 2 is 1.60 bits per heavy atom. The molecule has 0 radical (unpaired) electrons. The minimum absolute atomic E-state index is 0.0117. The van der Waals surface area contributed by atoms with Crippen molar-refractivity contribution in [2.24, 2.45) is 5.92 Å². The molecule has 14 nitrogen and oxygen atoms in total. The molecule has 0 aliphatic carbocycles. The molecule has 1 aliphatic heterocycles. The number of para-hydroxylation sites is 1. The van der Waals surface area contributed by atoms with Gasteiger partial charge in [0.1, 0.15) is 34.6 Å². The maximum absolute atomic E-state index is 13.8. The van der Waals surface area contributed by atoms with E-state index < -0.39 is 53.7 Å². The summed E-state index contributed by atoms with van der Waals surface area (Å²) in [5.74, 6) is -2.85. The van der Waals surface area contributed by atoms with Gasteiger partial charge in [0.2, 0.25) is 29.5 Å². The van der Waals surface area contributed by atoms with Crippen LogP contribution in [0.2, 0.25) is 0 Å². The molecule has 4 atom stereocenters. The van der Waals surface area contributed by atoms with Crippen LogP contribution < -0.4 is 26.0 Å². The van der Waals surface area contributed by atoms with Gasteiger partial charge in [0.15, 0.2) is 0 Å². The Morgan fingerprint density at radius 3 is 2.29 bits per heavy atom.